The van der Waals surface area contributed by atoms with E-state index in [0.717, 1.165) is 22.8 Å². The summed E-state index contributed by atoms with van der Waals surface area (Å²) in [5.74, 6) is -2.12. The quantitative estimate of drug-likeness (QED) is 0.298. The molecule has 1 saturated heterocycles. The zero-order valence-electron chi connectivity index (χ0n) is 20.4. The van der Waals surface area contributed by atoms with Gasteiger partial charge in [0.05, 0.1) is 18.7 Å². The number of hydrogen-bond acceptors (Lipinski definition) is 6. The molecule has 1 unspecified atom stereocenters. The molecular weight excluding hydrogens is 454 g/mol. The van der Waals surface area contributed by atoms with Crippen LogP contribution in [0.2, 0.25) is 0 Å². The maximum absolute atomic E-state index is 13.9. The molecule has 0 bridgehead atoms. The molecule has 3 atom stereocenters. The molecule has 3 aromatic rings. The van der Waals surface area contributed by atoms with E-state index in [4.69, 9.17) is 15.7 Å². The van der Waals surface area contributed by atoms with Crippen molar-refractivity contribution in [3.8, 4) is 6.07 Å². The Labute approximate surface area is 210 Å². The lowest BCUT2D eigenvalue weighted by atomic mass is 9.75. The standard InChI is InChI=1S/C29H29N3O4/c1-29(28(35)36-2)24(18-31)25(32(27(29)34)14-6-9-19-7-4-3-5-8-19)26(33)23-13-12-21-15-20(17-30)10-11-22(21)16-23/h3-5,7-8,10-13,15-16,24-25H,6,9,14,18,31H2,1-2H3/t24?,25-,29-/m0/s1. The average molecular weight is 484 g/mol. The molecule has 1 aliphatic heterocycles. The third kappa shape index (κ3) is 4.36. The average Bonchev–Trinajstić information content (AvgIpc) is 3.14. The number of esters is 1. The fraction of sp³-hybridized carbons (Fsp3) is 0.310. The summed E-state index contributed by atoms with van der Waals surface area (Å²) >= 11 is 0. The topological polar surface area (TPSA) is 113 Å². The molecule has 2 N–H and O–H groups in total. The number of ether oxygens (including phenoxy) is 1. The van der Waals surface area contributed by atoms with Crippen molar-refractivity contribution in [2.45, 2.75) is 25.8 Å². The van der Waals surface area contributed by atoms with Gasteiger partial charge in [0.15, 0.2) is 5.78 Å². The van der Waals surface area contributed by atoms with Crippen LogP contribution in [0.4, 0.5) is 0 Å². The highest BCUT2D eigenvalue weighted by molar-refractivity contribution is 6.12. The van der Waals surface area contributed by atoms with Gasteiger partial charge in [-0.15, -0.1) is 0 Å². The number of likely N-dealkylation sites (tertiary alicyclic amines) is 1. The van der Waals surface area contributed by atoms with E-state index in [2.05, 4.69) is 6.07 Å². The normalized spacial score (nSPS) is 21.4. The van der Waals surface area contributed by atoms with Crippen molar-refractivity contribution in [2.24, 2.45) is 17.1 Å². The van der Waals surface area contributed by atoms with Crippen LogP contribution in [-0.2, 0) is 20.7 Å². The number of carbonyl (C=O) groups is 3. The van der Waals surface area contributed by atoms with Gasteiger partial charge in [0.25, 0.3) is 0 Å². The Morgan fingerprint density at radius 3 is 2.44 bits per heavy atom. The number of nitrogens with two attached hydrogens (primary N) is 1. The molecule has 3 aromatic carbocycles. The highest BCUT2D eigenvalue weighted by Crippen LogP contribution is 2.43. The van der Waals surface area contributed by atoms with Crippen molar-refractivity contribution in [1.82, 2.24) is 4.90 Å². The molecule has 1 amide bonds. The zero-order chi connectivity index (χ0) is 25.9. The number of benzene rings is 3. The summed E-state index contributed by atoms with van der Waals surface area (Å²) in [4.78, 5) is 41.9. The van der Waals surface area contributed by atoms with Crippen LogP contribution < -0.4 is 5.73 Å². The summed E-state index contributed by atoms with van der Waals surface area (Å²) in [6, 6.07) is 21.6. The molecule has 1 heterocycles. The minimum atomic E-state index is -1.55. The SMILES string of the molecule is COC(=O)[C@]1(C)C(=O)N(CCCc2ccccc2)[C@H](C(=O)c2ccc3cc(C#N)ccc3c2)C1CN. The minimum Gasteiger partial charge on any atom is -0.468 e. The van der Waals surface area contributed by atoms with Gasteiger partial charge in [0.1, 0.15) is 11.5 Å². The molecule has 0 saturated carbocycles. The zero-order valence-corrected chi connectivity index (χ0v) is 20.4. The van der Waals surface area contributed by atoms with Gasteiger partial charge in [-0.1, -0.05) is 48.5 Å². The third-order valence-electron chi connectivity index (χ3n) is 7.26. The van der Waals surface area contributed by atoms with Crippen LogP contribution in [0.3, 0.4) is 0 Å². The Balaban J connectivity index is 1.69. The number of amides is 1. The second kappa shape index (κ2) is 10.3. The Hall–Kier alpha value is -4.02. The molecule has 0 spiro atoms. The monoisotopic (exact) mass is 483 g/mol. The molecule has 1 fully saturated rings. The van der Waals surface area contributed by atoms with Gasteiger partial charge in [0, 0.05) is 18.0 Å². The number of nitriles is 1. The maximum atomic E-state index is 13.9. The Bertz CT molecular complexity index is 1350. The summed E-state index contributed by atoms with van der Waals surface area (Å²) in [6.45, 7) is 1.81. The van der Waals surface area contributed by atoms with E-state index in [1.165, 1.54) is 18.9 Å². The Kier molecular flexibility index (Phi) is 7.18. The van der Waals surface area contributed by atoms with Crippen molar-refractivity contribution in [2.75, 3.05) is 20.2 Å². The van der Waals surface area contributed by atoms with Crippen molar-refractivity contribution in [1.29, 1.82) is 5.26 Å². The van der Waals surface area contributed by atoms with Crippen LogP contribution in [0.5, 0.6) is 0 Å². The Morgan fingerprint density at radius 1 is 1.08 bits per heavy atom. The summed E-state index contributed by atoms with van der Waals surface area (Å²) in [5.41, 5.74) is 6.64. The number of methoxy groups -OCH3 is 1. The number of carbonyl (C=O) groups excluding carboxylic acids is 3. The predicted molar refractivity (Wildman–Crippen MR) is 136 cm³/mol. The van der Waals surface area contributed by atoms with Gasteiger partial charge in [-0.3, -0.25) is 14.4 Å². The van der Waals surface area contributed by atoms with Gasteiger partial charge >= 0.3 is 5.97 Å². The minimum absolute atomic E-state index is 0.0258. The molecule has 4 rings (SSSR count). The summed E-state index contributed by atoms with van der Waals surface area (Å²) in [5, 5.41) is 10.8. The van der Waals surface area contributed by atoms with Gasteiger partial charge < -0.3 is 15.4 Å². The highest BCUT2D eigenvalue weighted by Gasteiger charge is 2.62. The number of Topliss-reactive ketones (excluding diaryl/α,β-unsaturated/α-hetero) is 1. The predicted octanol–water partition coefficient (Wildman–Crippen LogP) is 3.49. The van der Waals surface area contributed by atoms with Crippen LogP contribution in [0.25, 0.3) is 10.8 Å². The molecule has 7 heteroatoms. The van der Waals surface area contributed by atoms with E-state index in [0.29, 0.717) is 24.1 Å². The largest absolute Gasteiger partial charge is 0.468 e. The van der Waals surface area contributed by atoms with Crippen molar-refractivity contribution < 1.29 is 19.1 Å². The first-order chi connectivity index (χ1) is 17.3. The van der Waals surface area contributed by atoms with E-state index < -0.39 is 29.3 Å². The smallest absolute Gasteiger partial charge is 0.321 e. The number of aryl methyl sites for hydroxylation is 1. The maximum Gasteiger partial charge on any atom is 0.321 e. The van der Waals surface area contributed by atoms with Crippen LogP contribution in [0, 0.1) is 22.7 Å². The molecule has 0 radical (unpaired) electrons. The molecule has 1 aliphatic rings. The lowest BCUT2D eigenvalue weighted by Gasteiger charge is -2.28. The molecule has 0 aliphatic carbocycles. The fourth-order valence-electron chi connectivity index (χ4n) is 5.23. The van der Waals surface area contributed by atoms with Crippen molar-refractivity contribution in [3.63, 3.8) is 0 Å². The van der Waals surface area contributed by atoms with Crippen molar-refractivity contribution >= 4 is 28.4 Å². The van der Waals surface area contributed by atoms with E-state index in [9.17, 15) is 14.4 Å². The molecule has 36 heavy (non-hydrogen) atoms. The van der Waals surface area contributed by atoms with E-state index >= 15 is 0 Å². The molecular formula is C29H29N3O4. The van der Waals surface area contributed by atoms with Crippen LogP contribution >= 0.6 is 0 Å². The van der Waals surface area contributed by atoms with Crippen LogP contribution in [-0.4, -0.2) is 48.8 Å². The van der Waals surface area contributed by atoms with Crippen LogP contribution in [0.15, 0.2) is 66.7 Å². The number of rotatable bonds is 8. The number of hydrogen-bond donors (Lipinski definition) is 1. The first kappa shape index (κ1) is 25.1. The molecule has 184 valence electrons. The summed E-state index contributed by atoms with van der Waals surface area (Å²) < 4.78 is 5.00. The second-order valence-electron chi connectivity index (χ2n) is 9.32. The number of ketones is 1. The van der Waals surface area contributed by atoms with E-state index in [-0.39, 0.29) is 12.3 Å². The molecule has 7 nitrogen and oxygen atoms in total. The fourth-order valence-corrected chi connectivity index (χ4v) is 5.23. The molecule has 0 aromatic heterocycles. The van der Waals surface area contributed by atoms with E-state index in [1.54, 1.807) is 36.4 Å². The van der Waals surface area contributed by atoms with Gasteiger partial charge in [0.2, 0.25) is 5.91 Å². The highest BCUT2D eigenvalue weighted by atomic mass is 16.5. The van der Waals surface area contributed by atoms with Gasteiger partial charge in [-0.25, -0.2) is 0 Å². The summed E-state index contributed by atoms with van der Waals surface area (Å²) in [6.07, 6.45) is 1.35. The third-order valence-corrected chi connectivity index (χ3v) is 7.26. The summed E-state index contributed by atoms with van der Waals surface area (Å²) in [7, 11) is 1.24. The van der Waals surface area contributed by atoms with Gasteiger partial charge in [-0.2, -0.15) is 5.26 Å². The second-order valence-corrected chi connectivity index (χ2v) is 9.32. The van der Waals surface area contributed by atoms with Crippen molar-refractivity contribution in [3.05, 3.63) is 83.4 Å². The first-order valence-corrected chi connectivity index (χ1v) is 12.0. The first-order valence-electron chi connectivity index (χ1n) is 12.0. The lowest BCUT2D eigenvalue weighted by Crippen LogP contribution is -2.45. The number of nitrogens with zero attached hydrogens (tertiary/aromatic N) is 2. The Morgan fingerprint density at radius 2 is 1.78 bits per heavy atom. The number of fused-ring (bicyclic) bond motifs is 1. The van der Waals surface area contributed by atoms with E-state index in [1.807, 2.05) is 30.3 Å². The van der Waals surface area contributed by atoms with Gasteiger partial charge in [-0.05, 0) is 60.8 Å². The van der Waals surface area contributed by atoms with Crippen LogP contribution in [0.1, 0.15) is 34.8 Å². The lowest BCUT2D eigenvalue weighted by molar-refractivity contribution is -0.159.